The van der Waals surface area contributed by atoms with Gasteiger partial charge < -0.3 is 4.74 Å². The molecule has 0 aliphatic rings. The first kappa shape index (κ1) is 11.0. The number of hydrogen-bond acceptors (Lipinski definition) is 2. The van der Waals surface area contributed by atoms with Gasteiger partial charge in [0.05, 0.1) is 6.61 Å². The smallest absolute Gasteiger partial charge is 0.119 e. The van der Waals surface area contributed by atoms with Crippen LogP contribution in [-0.2, 0) is 0 Å². The lowest BCUT2D eigenvalue weighted by atomic mass is 10.2. The van der Waals surface area contributed by atoms with Crippen molar-refractivity contribution in [3.8, 4) is 17.6 Å². The molecule has 0 bridgehead atoms. The van der Waals surface area contributed by atoms with Crippen molar-refractivity contribution in [2.45, 2.75) is 13.3 Å². The van der Waals surface area contributed by atoms with E-state index in [1.54, 1.807) is 0 Å². The number of ether oxygens (including phenoxy) is 1. The fourth-order valence-corrected chi connectivity index (χ4v) is 1.13. The van der Waals surface area contributed by atoms with Crippen molar-refractivity contribution in [2.75, 3.05) is 12.4 Å². The molecule has 1 aromatic carbocycles. The summed E-state index contributed by atoms with van der Waals surface area (Å²) < 4.78 is 5.33. The van der Waals surface area contributed by atoms with E-state index in [0.29, 0.717) is 6.61 Å². The molecule has 0 fully saturated rings. The van der Waals surface area contributed by atoms with Gasteiger partial charge in [0, 0.05) is 17.7 Å². The maximum absolute atomic E-state index is 5.33. The first-order chi connectivity index (χ1) is 6.86. The molecule has 0 radical (unpaired) electrons. The molecule has 74 valence electrons. The van der Waals surface area contributed by atoms with Crippen LogP contribution in [0.3, 0.4) is 0 Å². The van der Waals surface area contributed by atoms with Crippen LogP contribution in [-0.4, -0.2) is 12.4 Å². The summed E-state index contributed by atoms with van der Waals surface area (Å²) in [7, 11) is 0. The summed E-state index contributed by atoms with van der Waals surface area (Å²) in [6.07, 6.45) is 0.830. The third kappa shape index (κ3) is 3.76. The fourth-order valence-electron chi connectivity index (χ4n) is 1.02. The molecule has 0 saturated heterocycles. The second-order valence-corrected chi connectivity index (χ2v) is 3.18. The Kier molecular flexibility index (Phi) is 5.03. The fraction of sp³-hybridized carbons (Fsp3) is 0.333. The highest BCUT2D eigenvalue weighted by Gasteiger charge is 1.90. The van der Waals surface area contributed by atoms with Gasteiger partial charge in [-0.3, -0.25) is 0 Å². The normalized spacial score (nSPS) is 9.00. The van der Waals surface area contributed by atoms with Gasteiger partial charge in [-0.1, -0.05) is 11.8 Å². The Hall–Kier alpha value is -1.07. The van der Waals surface area contributed by atoms with Gasteiger partial charge in [0.25, 0.3) is 0 Å². The van der Waals surface area contributed by atoms with Crippen LogP contribution in [0.2, 0.25) is 0 Å². The highest BCUT2D eigenvalue weighted by atomic mass is 32.1. The van der Waals surface area contributed by atoms with Crippen LogP contribution in [0.25, 0.3) is 0 Å². The van der Waals surface area contributed by atoms with Crippen LogP contribution >= 0.6 is 12.6 Å². The van der Waals surface area contributed by atoms with Crippen LogP contribution in [0.15, 0.2) is 24.3 Å². The van der Waals surface area contributed by atoms with E-state index in [2.05, 4.69) is 24.5 Å². The third-order valence-corrected chi connectivity index (χ3v) is 1.86. The summed E-state index contributed by atoms with van der Waals surface area (Å²) in [6.45, 7) is 2.67. The van der Waals surface area contributed by atoms with Crippen molar-refractivity contribution in [3.05, 3.63) is 29.8 Å². The average molecular weight is 206 g/mol. The molecule has 1 rings (SSSR count). The maximum Gasteiger partial charge on any atom is 0.119 e. The molecule has 0 N–H and O–H groups in total. The van der Waals surface area contributed by atoms with Crippen LogP contribution in [0.5, 0.6) is 5.75 Å². The first-order valence-electron chi connectivity index (χ1n) is 4.69. The van der Waals surface area contributed by atoms with Crippen molar-refractivity contribution in [1.29, 1.82) is 0 Å². The quantitative estimate of drug-likeness (QED) is 0.591. The van der Waals surface area contributed by atoms with E-state index in [9.17, 15) is 0 Å². The Bertz CT molecular complexity index is 318. The highest BCUT2D eigenvalue weighted by Crippen LogP contribution is 2.11. The van der Waals surface area contributed by atoms with Crippen molar-refractivity contribution in [1.82, 2.24) is 0 Å². The van der Waals surface area contributed by atoms with Crippen molar-refractivity contribution in [3.63, 3.8) is 0 Å². The molecule has 0 aliphatic heterocycles. The molecule has 0 unspecified atom stereocenters. The minimum atomic E-state index is 0.699. The molecular formula is C12H14OS. The molecule has 0 aliphatic carbocycles. The summed E-state index contributed by atoms with van der Waals surface area (Å²) in [4.78, 5) is 0. The molecule has 1 aromatic rings. The standard InChI is InChI=1S/C12H14OS/c1-2-13-12-8-6-11(7-9-12)5-3-4-10-14/h6-9,14H,2,4,10H2,1H3. The molecule has 0 saturated carbocycles. The zero-order valence-corrected chi connectivity index (χ0v) is 9.18. The predicted molar refractivity (Wildman–Crippen MR) is 63.0 cm³/mol. The maximum atomic E-state index is 5.33. The van der Waals surface area contributed by atoms with E-state index in [-0.39, 0.29) is 0 Å². The summed E-state index contributed by atoms with van der Waals surface area (Å²) in [5.74, 6) is 7.80. The van der Waals surface area contributed by atoms with E-state index in [0.717, 1.165) is 23.5 Å². The zero-order valence-electron chi connectivity index (χ0n) is 8.29. The molecule has 0 aromatic heterocycles. The molecule has 0 amide bonds. The first-order valence-corrected chi connectivity index (χ1v) is 5.32. The minimum absolute atomic E-state index is 0.699. The van der Waals surface area contributed by atoms with Gasteiger partial charge in [-0.25, -0.2) is 0 Å². The Morgan fingerprint density at radius 2 is 2.00 bits per heavy atom. The number of hydrogen-bond donors (Lipinski definition) is 1. The number of thiol groups is 1. The molecule has 2 heteroatoms. The van der Waals surface area contributed by atoms with Gasteiger partial charge in [0.1, 0.15) is 5.75 Å². The Labute approximate surface area is 90.9 Å². The van der Waals surface area contributed by atoms with Crippen LogP contribution < -0.4 is 4.74 Å². The molecule has 1 nitrogen and oxygen atoms in total. The Morgan fingerprint density at radius 3 is 2.57 bits per heavy atom. The van der Waals surface area contributed by atoms with Crippen LogP contribution in [0.1, 0.15) is 18.9 Å². The van der Waals surface area contributed by atoms with Crippen molar-refractivity contribution in [2.24, 2.45) is 0 Å². The van der Waals surface area contributed by atoms with E-state index in [1.807, 2.05) is 31.2 Å². The largest absolute Gasteiger partial charge is 0.494 e. The monoisotopic (exact) mass is 206 g/mol. The zero-order chi connectivity index (χ0) is 10.2. The lowest BCUT2D eigenvalue weighted by Crippen LogP contribution is -1.90. The molecular weight excluding hydrogens is 192 g/mol. The second-order valence-electron chi connectivity index (χ2n) is 2.73. The minimum Gasteiger partial charge on any atom is -0.494 e. The van der Waals surface area contributed by atoms with E-state index in [4.69, 9.17) is 4.74 Å². The Morgan fingerprint density at radius 1 is 1.29 bits per heavy atom. The van der Waals surface area contributed by atoms with Crippen molar-refractivity contribution >= 4 is 12.6 Å². The van der Waals surface area contributed by atoms with Crippen molar-refractivity contribution < 1.29 is 4.74 Å². The predicted octanol–water partition coefficient (Wildman–Crippen LogP) is 2.76. The number of benzene rings is 1. The lowest BCUT2D eigenvalue weighted by Gasteiger charge is -2.01. The van der Waals surface area contributed by atoms with Gasteiger partial charge in [-0.2, -0.15) is 12.6 Å². The summed E-state index contributed by atoms with van der Waals surface area (Å²) in [5.41, 5.74) is 1.02. The average Bonchev–Trinajstić information content (AvgIpc) is 2.21. The molecule has 14 heavy (non-hydrogen) atoms. The highest BCUT2D eigenvalue weighted by molar-refractivity contribution is 7.80. The van der Waals surface area contributed by atoms with Crippen LogP contribution in [0.4, 0.5) is 0 Å². The second kappa shape index (κ2) is 6.39. The van der Waals surface area contributed by atoms with Gasteiger partial charge in [0.15, 0.2) is 0 Å². The number of rotatable bonds is 3. The van der Waals surface area contributed by atoms with E-state index in [1.165, 1.54) is 0 Å². The molecule has 0 heterocycles. The van der Waals surface area contributed by atoms with E-state index < -0.39 is 0 Å². The summed E-state index contributed by atoms with van der Waals surface area (Å²) in [6, 6.07) is 7.81. The summed E-state index contributed by atoms with van der Waals surface area (Å²) >= 11 is 4.09. The Balaban J connectivity index is 2.60. The van der Waals surface area contributed by atoms with Gasteiger partial charge in [-0.15, -0.1) is 0 Å². The lowest BCUT2D eigenvalue weighted by molar-refractivity contribution is 0.340. The topological polar surface area (TPSA) is 9.23 Å². The van der Waals surface area contributed by atoms with Crippen LogP contribution in [0, 0.1) is 11.8 Å². The SMILES string of the molecule is CCOc1ccc(C#CCCS)cc1. The summed E-state index contributed by atoms with van der Waals surface area (Å²) in [5, 5.41) is 0. The van der Waals surface area contributed by atoms with Gasteiger partial charge >= 0.3 is 0 Å². The molecule has 0 atom stereocenters. The van der Waals surface area contributed by atoms with Gasteiger partial charge in [0.2, 0.25) is 0 Å². The van der Waals surface area contributed by atoms with Gasteiger partial charge in [-0.05, 0) is 31.2 Å². The third-order valence-electron chi connectivity index (χ3n) is 1.63. The molecule has 0 spiro atoms. The van der Waals surface area contributed by atoms with E-state index >= 15 is 0 Å².